The lowest BCUT2D eigenvalue weighted by molar-refractivity contribution is 0.0344. The number of piperazine rings is 1. The maximum atomic E-state index is 9.84. The van der Waals surface area contributed by atoms with E-state index in [1.807, 2.05) is 20.8 Å². The Balaban J connectivity index is 2.01. The first-order chi connectivity index (χ1) is 9.37. The molecule has 1 aliphatic heterocycles. The van der Waals surface area contributed by atoms with Crippen molar-refractivity contribution >= 4 is 5.95 Å². The van der Waals surface area contributed by atoms with Crippen LogP contribution in [-0.2, 0) is 0 Å². The molecule has 2 heterocycles. The van der Waals surface area contributed by atoms with Gasteiger partial charge in [-0.1, -0.05) is 0 Å². The zero-order valence-corrected chi connectivity index (χ0v) is 12.3. The zero-order chi connectivity index (χ0) is 14.8. The highest BCUT2D eigenvalue weighted by Crippen LogP contribution is 2.14. The van der Waals surface area contributed by atoms with Gasteiger partial charge in [-0.05, 0) is 26.8 Å². The summed E-state index contributed by atoms with van der Waals surface area (Å²) in [6.07, 6.45) is 0. The Morgan fingerprint density at radius 2 is 1.95 bits per heavy atom. The first-order valence-electron chi connectivity index (χ1n) is 6.83. The van der Waals surface area contributed by atoms with E-state index < -0.39 is 5.60 Å². The minimum atomic E-state index is -0.671. The van der Waals surface area contributed by atoms with Gasteiger partial charge in [-0.3, -0.25) is 4.90 Å². The molecule has 0 unspecified atom stereocenters. The topological polar surface area (TPSA) is 76.3 Å². The van der Waals surface area contributed by atoms with E-state index in [-0.39, 0.29) is 0 Å². The van der Waals surface area contributed by atoms with Crippen molar-refractivity contribution in [2.75, 3.05) is 37.6 Å². The Bertz CT molecular complexity index is 509. The molecule has 0 saturated carbocycles. The van der Waals surface area contributed by atoms with Crippen molar-refractivity contribution in [2.24, 2.45) is 0 Å². The number of nitrogens with zero attached hydrogens (tertiary/aromatic N) is 5. The molecule has 1 aromatic rings. The first-order valence-corrected chi connectivity index (χ1v) is 6.83. The maximum Gasteiger partial charge on any atom is 0.226 e. The average molecular weight is 275 g/mol. The van der Waals surface area contributed by atoms with Gasteiger partial charge in [-0.2, -0.15) is 5.26 Å². The Morgan fingerprint density at radius 3 is 2.50 bits per heavy atom. The molecule has 6 heteroatoms. The molecule has 0 bridgehead atoms. The van der Waals surface area contributed by atoms with Crippen LogP contribution in [0.2, 0.25) is 0 Å². The molecule has 1 N–H and O–H groups in total. The molecule has 0 aromatic carbocycles. The van der Waals surface area contributed by atoms with Gasteiger partial charge in [0, 0.05) is 38.4 Å². The van der Waals surface area contributed by atoms with Crippen LogP contribution in [-0.4, -0.2) is 58.3 Å². The minimum absolute atomic E-state index is 0.409. The minimum Gasteiger partial charge on any atom is -0.389 e. The molecule has 2 rings (SSSR count). The summed E-state index contributed by atoms with van der Waals surface area (Å²) in [5.74, 6) is 0.629. The molecular formula is C14H21N5O. The van der Waals surface area contributed by atoms with E-state index in [1.54, 1.807) is 6.07 Å². The van der Waals surface area contributed by atoms with Gasteiger partial charge in [0.05, 0.1) is 5.60 Å². The average Bonchev–Trinajstić information content (AvgIpc) is 2.37. The van der Waals surface area contributed by atoms with Gasteiger partial charge in [0.15, 0.2) is 0 Å². The third-order valence-electron chi connectivity index (χ3n) is 3.22. The molecule has 0 amide bonds. The fraction of sp³-hybridized carbons (Fsp3) is 0.643. The number of aryl methyl sites for hydroxylation is 1. The molecule has 1 saturated heterocycles. The predicted octanol–water partition coefficient (Wildman–Crippen LogP) is 0.550. The van der Waals surface area contributed by atoms with Crippen LogP contribution in [0, 0.1) is 18.3 Å². The Kier molecular flexibility index (Phi) is 4.21. The predicted molar refractivity (Wildman–Crippen MR) is 76.4 cm³/mol. The number of aromatic nitrogens is 2. The second-order valence-corrected chi connectivity index (χ2v) is 5.88. The monoisotopic (exact) mass is 275 g/mol. The van der Waals surface area contributed by atoms with Crippen LogP contribution in [0.4, 0.5) is 5.95 Å². The number of rotatable bonds is 3. The van der Waals surface area contributed by atoms with E-state index in [4.69, 9.17) is 5.26 Å². The molecule has 6 nitrogen and oxygen atoms in total. The van der Waals surface area contributed by atoms with E-state index in [9.17, 15) is 5.11 Å². The van der Waals surface area contributed by atoms with Crippen molar-refractivity contribution in [1.82, 2.24) is 14.9 Å². The largest absolute Gasteiger partial charge is 0.389 e. The van der Waals surface area contributed by atoms with Crippen LogP contribution >= 0.6 is 0 Å². The van der Waals surface area contributed by atoms with E-state index in [0.29, 0.717) is 18.2 Å². The first kappa shape index (κ1) is 14.7. The molecular weight excluding hydrogens is 254 g/mol. The number of β-amino-alcohol motifs (C(OH)–C–C–N with tert-alkyl or cyclic N) is 1. The van der Waals surface area contributed by atoms with Crippen LogP contribution < -0.4 is 4.90 Å². The Labute approximate surface area is 119 Å². The molecule has 20 heavy (non-hydrogen) atoms. The highest BCUT2D eigenvalue weighted by Gasteiger charge is 2.24. The van der Waals surface area contributed by atoms with Crippen molar-refractivity contribution < 1.29 is 5.11 Å². The molecule has 1 aliphatic rings. The normalized spacial score (nSPS) is 17.1. The summed E-state index contributed by atoms with van der Waals surface area (Å²) in [6, 6.07) is 3.75. The number of aliphatic hydroxyl groups is 1. The quantitative estimate of drug-likeness (QED) is 0.868. The number of anilines is 1. The fourth-order valence-corrected chi connectivity index (χ4v) is 2.40. The summed E-state index contributed by atoms with van der Waals surface area (Å²) >= 11 is 0. The van der Waals surface area contributed by atoms with Crippen molar-refractivity contribution in [1.29, 1.82) is 5.26 Å². The van der Waals surface area contributed by atoms with Crippen molar-refractivity contribution in [3.05, 3.63) is 17.5 Å². The maximum absolute atomic E-state index is 9.84. The summed E-state index contributed by atoms with van der Waals surface area (Å²) in [5.41, 5.74) is 0.549. The van der Waals surface area contributed by atoms with Crippen LogP contribution in [0.3, 0.4) is 0 Å². The SMILES string of the molecule is Cc1cc(C#N)nc(N2CCN(CC(C)(C)O)CC2)n1. The van der Waals surface area contributed by atoms with Crippen LogP contribution in [0.1, 0.15) is 25.2 Å². The van der Waals surface area contributed by atoms with Crippen molar-refractivity contribution in [2.45, 2.75) is 26.4 Å². The van der Waals surface area contributed by atoms with Crippen LogP contribution in [0.15, 0.2) is 6.07 Å². The van der Waals surface area contributed by atoms with Gasteiger partial charge >= 0.3 is 0 Å². The summed E-state index contributed by atoms with van der Waals surface area (Å²) in [7, 11) is 0. The molecule has 0 aliphatic carbocycles. The second kappa shape index (κ2) is 5.73. The van der Waals surface area contributed by atoms with Crippen molar-refractivity contribution in [3.8, 4) is 6.07 Å². The lowest BCUT2D eigenvalue weighted by Gasteiger charge is -2.37. The molecule has 1 aromatic heterocycles. The molecule has 0 radical (unpaired) electrons. The number of nitriles is 1. The summed E-state index contributed by atoms with van der Waals surface area (Å²) in [4.78, 5) is 13.0. The Morgan fingerprint density at radius 1 is 1.30 bits per heavy atom. The van der Waals surface area contributed by atoms with E-state index >= 15 is 0 Å². The van der Waals surface area contributed by atoms with E-state index in [0.717, 1.165) is 31.9 Å². The molecule has 1 fully saturated rings. The number of hydrogen-bond acceptors (Lipinski definition) is 6. The van der Waals surface area contributed by atoms with Gasteiger partial charge in [-0.25, -0.2) is 9.97 Å². The molecule has 0 spiro atoms. The second-order valence-electron chi connectivity index (χ2n) is 5.88. The van der Waals surface area contributed by atoms with Crippen LogP contribution in [0.5, 0.6) is 0 Å². The third-order valence-corrected chi connectivity index (χ3v) is 3.22. The zero-order valence-electron chi connectivity index (χ0n) is 12.3. The third kappa shape index (κ3) is 3.89. The molecule has 0 atom stereocenters. The van der Waals surface area contributed by atoms with Crippen molar-refractivity contribution in [3.63, 3.8) is 0 Å². The standard InChI is InChI=1S/C14H21N5O/c1-11-8-12(9-15)17-13(16-11)19-6-4-18(5-7-19)10-14(2,3)20/h8,20H,4-7,10H2,1-3H3. The van der Waals surface area contributed by atoms with E-state index in [2.05, 4.69) is 25.8 Å². The summed E-state index contributed by atoms with van der Waals surface area (Å²) in [6.45, 7) is 9.53. The van der Waals surface area contributed by atoms with Crippen LogP contribution in [0.25, 0.3) is 0 Å². The van der Waals surface area contributed by atoms with Gasteiger partial charge in [-0.15, -0.1) is 0 Å². The van der Waals surface area contributed by atoms with Gasteiger partial charge in [0.25, 0.3) is 0 Å². The molecule has 108 valence electrons. The van der Waals surface area contributed by atoms with Gasteiger partial charge in [0.2, 0.25) is 5.95 Å². The highest BCUT2D eigenvalue weighted by atomic mass is 16.3. The van der Waals surface area contributed by atoms with Gasteiger partial charge < -0.3 is 10.0 Å². The van der Waals surface area contributed by atoms with Gasteiger partial charge in [0.1, 0.15) is 11.8 Å². The smallest absolute Gasteiger partial charge is 0.226 e. The lowest BCUT2D eigenvalue weighted by atomic mass is 10.1. The van der Waals surface area contributed by atoms with E-state index in [1.165, 1.54) is 0 Å². The Hall–Kier alpha value is -1.71. The summed E-state index contributed by atoms with van der Waals surface area (Å²) < 4.78 is 0. The lowest BCUT2D eigenvalue weighted by Crippen LogP contribution is -2.51. The fourth-order valence-electron chi connectivity index (χ4n) is 2.40. The summed E-state index contributed by atoms with van der Waals surface area (Å²) in [5, 5.41) is 18.8. The number of hydrogen-bond donors (Lipinski definition) is 1. The highest BCUT2D eigenvalue weighted by molar-refractivity contribution is 5.36.